The first-order valence-electron chi connectivity index (χ1n) is 8.56. The van der Waals surface area contributed by atoms with E-state index in [1.807, 2.05) is 24.3 Å². The van der Waals surface area contributed by atoms with Gasteiger partial charge in [0, 0.05) is 18.7 Å². The zero-order valence-corrected chi connectivity index (χ0v) is 14.3. The van der Waals surface area contributed by atoms with Crippen molar-refractivity contribution < 1.29 is 9.15 Å². The second-order valence-electron chi connectivity index (χ2n) is 6.38. The van der Waals surface area contributed by atoms with Gasteiger partial charge in [-0.05, 0) is 42.8 Å². The molecule has 128 valence electrons. The van der Waals surface area contributed by atoms with Crippen LogP contribution in [0.3, 0.4) is 0 Å². The van der Waals surface area contributed by atoms with E-state index in [-0.39, 0.29) is 0 Å². The Hall–Kier alpha value is -2.66. The van der Waals surface area contributed by atoms with Crippen LogP contribution in [0, 0.1) is 0 Å². The maximum absolute atomic E-state index is 5.94. The molecular formula is C20H21N3O2. The first kappa shape index (κ1) is 15.8. The molecule has 3 aromatic rings. The molecule has 1 aliphatic rings. The van der Waals surface area contributed by atoms with Crippen molar-refractivity contribution in [2.45, 2.75) is 18.9 Å². The Morgan fingerprint density at radius 2 is 1.88 bits per heavy atom. The molecule has 1 aliphatic heterocycles. The van der Waals surface area contributed by atoms with Crippen LogP contribution < -0.4 is 4.74 Å². The van der Waals surface area contributed by atoms with Gasteiger partial charge < -0.3 is 9.15 Å². The first-order valence-corrected chi connectivity index (χ1v) is 8.56. The molecule has 0 spiro atoms. The fourth-order valence-electron chi connectivity index (χ4n) is 3.27. The molecule has 1 aromatic heterocycles. The second-order valence-corrected chi connectivity index (χ2v) is 6.38. The highest BCUT2D eigenvalue weighted by molar-refractivity contribution is 5.54. The Morgan fingerprint density at radius 1 is 1.08 bits per heavy atom. The number of hydrogen-bond acceptors (Lipinski definition) is 5. The highest BCUT2D eigenvalue weighted by Gasteiger charge is 2.28. The van der Waals surface area contributed by atoms with Gasteiger partial charge in [-0.15, -0.1) is 10.2 Å². The van der Waals surface area contributed by atoms with Gasteiger partial charge in [0.2, 0.25) is 11.8 Å². The van der Waals surface area contributed by atoms with Gasteiger partial charge in [0.1, 0.15) is 5.75 Å². The normalized spacial score (nSPS) is 17.7. The number of rotatable bonds is 5. The Kier molecular flexibility index (Phi) is 4.48. The van der Waals surface area contributed by atoms with Gasteiger partial charge >= 0.3 is 0 Å². The Bertz CT molecular complexity index is 814. The smallest absolute Gasteiger partial charge is 0.247 e. The van der Waals surface area contributed by atoms with E-state index in [9.17, 15) is 0 Å². The lowest BCUT2D eigenvalue weighted by molar-refractivity contribution is 0.320. The molecule has 5 heteroatoms. The fraction of sp³-hybridized carbons (Fsp3) is 0.300. The van der Waals surface area contributed by atoms with Gasteiger partial charge in [0.25, 0.3) is 0 Å². The summed E-state index contributed by atoms with van der Waals surface area (Å²) in [6, 6.07) is 18.2. The number of methoxy groups -OCH3 is 1. The summed E-state index contributed by atoms with van der Waals surface area (Å²) in [4.78, 5) is 2.44. The molecule has 2 heterocycles. The van der Waals surface area contributed by atoms with Crippen LogP contribution >= 0.6 is 0 Å². The minimum absolute atomic E-state index is 0.309. The summed E-state index contributed by atoms with van der Waals surface area (Å²) < 4.78 is 11.1. The molecule has 1 saturated heterocycles. The van der Waals surface area contributed by atoms with E-state index in [0.717, 1.165) is 43.3 Å². The number of nitrogens with zero attached hydrogens (tertiary/aromatic N) is 3. The van der Waals surface area contributed by atoms with Crippen LogP contribution in [-0.4, -0.2) is 35.3 Å². The zero-order valence-electron chi connectivity index (χ0n) is 14.3. The molecule has 1 fully saturated rings. The monoisotopic (exact) mass is 335 g/mol. The maximum atomic E-state index is 5.94. The minimum Gasteiger partial charge on any atom is -0.497 e. The molecule has 0 radical (unpaired) electrons. The Balaban J connectivity index is 1.42. The van der Waals surface area contributed by atoms with E-state index in [4.69, 9.17) is 9.15 Å². The Labute approximate surface area is 147 Å². The van der Waals surface area contributed by atoms with Crippen molar-refractivity contribution in [3.05, 3.63) is 66.1 Å². The van der Waals surface area contributed by atoms with Crippen molar-refractivity contribution in [2.24, 2.45) is 0 Å². The SMILES string of the molecule is COc1ccc(-c2nnc([C@H]3CCN(Cc4ccccc4)C3)o2)cc1. The summed E-state index contributed by atoms with van der Waals surface area (Å²) in [6.45, 7) is 2.98. The van der Waals surface area contributed by atoms with E-state index in [1.165, 1.54) is 5.56 Å². The molecule has 0 saturated carbocycles. The van der Waals surface area contributed by atoms with Crippen LogP contribution in [0.5, 0.6) is 5.75 Å². The zero-order chi connectivity index (χ0) is 17.1. The van der Waals surface area contributed by atoms with Gasteiger partial charge in [-0.2, -0.15) is 0 Å². The van der Waals surface area contributed by atoms with Gasteiger partial charge in [0.15, 0.2) is 0 Å². The molecular weight excluding hydrogens is 314 g/mol. The highest BCUT2D eigenvalue weighted by Crippen LogP contribution is 2.29. The van der Waals surface area contributed by atoms with E-state index in [2.05, 4.69) is 45.4 Å². The van der Waals surface area contributed by atoms with Gasteiger partial charge in [0.05, 0.1) is 13.0 Å². The molecule has 2 aromatic carbocycles. The third kappa shape index (κ3) is 3.56. The largest absolute Gasteiger partial charge is 0.497 e. The number of ether oxygens (including phenoxy) is 1. The molecule has 1 atom stereocenters. The summed E-state index contributed by atoms with van der Waals surface area (Å²) >= 11 is 0. The minimum atomic E-state index is 0.309. The molecule has 0 unspecified atom stereocenters. The first-order chi connectivity index (χ1) is 12.3. The highest BCUT2D eigenvalue weighted by atomic mass is 16.5. The molecule has 4 rings (SSSR count). The molecule has 5 nitrogen and oxygen atoms in total. The van der Waals surface area contributed by atoms with Crippen molar-refractivity contribution in [2.75, 3.05) is 20.2 Å². The number of benzene rings is 2. The number of likely N-dealkylation sites (tertiary alicyclic amines) is 1. The molecule has 0 N–H and O–H groups in total. The van der Waals surface area contributed by atoms with Gasteiger partial charge in [-0.3, -0.25) is 4.90 Å². The van der Waals surface area contributed by atoms with Crippen molar-refractivity contribution >= 4 is 0 Å². The topological polar surface area (TPSA) is 51.4 Å². The summed E-state index contributed by atoms with van der Waals surface area (Å²) in [5.41, 5.74) is 2.26. The fourth-order valence-corrected chi connectivity index (χ4v) is 3.27. The van der Waals surface area contributed by atoms with Crippen LogP contribution in [0.4, 0.5) is 0 Å². The summed E-state index contributed by atoms with van der Waals surface area (Å²) in [6.07, 6.45) is 1.05. The predicted octanol–water partition coefficient (Wildman–Crippen LogP) is 3.73. The average molecular weight is 335 g/mol. The van der Waals surface area contributed by atoms with Crippen molar-refractivity contribution in [3.8, 4) is 17.2 Å². The lowest BCUT2D eigenvalue weighted by Gasteiger charge is -2.14. The van der Waals surface area contributed by atoms with E-state index >= 15 is 0 Å². The summed E-state index contributed by atoms with van der Waals surface area (Å²) in [5.74, 6) is 2.43. The Morgan fingerprint density at radius 3 is 2.64 bits per heavy atom. The lowest BCUT2D eigenvalue weighted by atomic mass is 10.1. The number of hydrogen-bond donors (Lipinski definition) is 0. The average Bonchev–Trinajstić information content (AvgIpc) is 3.32. The van der Waals surface area contributed by atoms with Gasteiger partial charge in [-0.25, -0.2) is 0 Å². The summed E-state index contributed by atoms with van der Waals surface area (Å²) in [5, 5.41) is 8.50. The van der Waals surface area contributed by atoms with Crippen LogP contribution in [0.25, 0.3) is 11.5 Å². The molecule has 0 amide bonds. The molecule has 25 heavy (non-hydrogen) atoms. The third-order valence-electron chi connectivity index (χ3n) is 4.65. The van der Waals surface area contributed by atoms with E-state index in [0.29, 0.717) is 11.8 Å². The number of aromatic nitrogens is 2. The second kappa shape index (κ2) is 7.07. The predicted molar refractivity (Wildman–Crippen MR) is 95.4 cm³/mol. The van der Waals surface area contributed by atoms with Crippen LogP contribution in [0.1, 0.15) is 23.8 Å². The van der Waals surface area contributed by atoms with E-state index in [1.54, 1.807) is 7.11 Å². The van der Waals surface area contributed by atoms with Crippen LogP contribution in [0.2, 0.25) is 0 Å². The van der Waals surface area contributed by atoms with Crippen molar-refractivity contribution in [1.29, 1.82) is 0 Å². The summed E-state index contributed by atoms with van der Waals surface area (Å²) in [7, 11) is 1.65. The van der Waals surface area contributed by atoms with Crippen molar-refractivity contribution in [1.82, 2.24) is 15.1 Å². The lowest BCUT2D eigenvalue weighted by Crippen LogP contribution is -2.19. The standard InChI is InChI=1S/C20H21N3O2/c1-24-18-9-7-16(8-10-18)19-21-22-20(25-19)17-11-12-23(14-17)13-15-5-3-2-4-6-15/h2-10,17H,11-14H2,1H3/t17-/m0/s1. The van der Waals surface area contributed by atoms with Crippen molar-refractivity contribution in [3.63, 3.8) is 0 Å². The third-order valence-corrected chi connectivity index (χ3v) is 4.65. The van der Waals surface area contributed by atoms with E-state index < -0.39 is 0 Å². The van der Waals surface area contributed by atoms with Gasteiger partial charge in [-0.1, -0.05) is 30.3 Å². The maximum Gasteiger partial charge on any atom is 0.247 e. The molecule has 0 bridgehead atoms. The van der Waals surface area contributed by atoms with Crippen LogP contribution in [-0.2, 0) is 6.54 Å². The quantitative estimate of drug-likeness (QED) is 0.711. The molecule has 0 aliphatic carbocycles. The van der Waals surface area contributed by atoms with Crippen LogP contribution in [0.15, 0.2) is 59.0 Å².